The van der Waals surface area contributed by atoms with E-state index in [-0.39, 0.29) is 23.2 Å². The molecular weight excluding hydrogens is 281 g/mol. The van der Waals surface area contributed by atoms with E-state index in [0.29, 0.717) is 6.04 Å². The maximum absolute atomic E-state index is 13.2. The van der Waals surface area contributed by atoms with Gasteiger partial charge < -0.3 is 5.73 Å². The third kappa shape index (κ3) is 3.68. The molecule has 1 aromatic rings. The fourth-order valence-electron chi connectivity index (χ4n) is 2.04. The van der Waals surface area contributed by atoms with Crippen LogP contribution in [0, 0.1) is 5.82 Å². The second-order valence-corrected chi connectivity index (χ2v) is 7.08. The summed E-state index contributed by atoms with van der Waals surface area (Å²) in [5.74, 6) is -0.659. The Morgan fingerprint density at radius 2 is 2.10 bits per heavy atom. The first-order valence-electron chi connectivity index (χ1n) is 6.57. The average Bonchev–Trinajstić information content (AvgIpc) is 3.18. The Morgan fingerprint density at radius 1 is 1.45 bits per heavy atom. The lowest BCUT2D eigenvalue weighted by Gasteiger charge is -2.24. The van der Waals surface area contributed by atoms with Crippen molar-refractivity contribution in [2.45, 2.75) is 36.7 Å². The van der Waals surface area contributed by atoms with E-state index >= 15 is 0 Å². The molecule has 3 N–H and O–H groups in total. The van der Waals surface area contributed by atoms with Crippen LogP contribution in [0.5, 0.6) is 0 Å². The van der Waals surface area contributed by atoms with Gasteiger partial charge in [-0.15, -0.1) is 0 Å². The van der Waals surface area contributed by atoms with E-state index in [1.165, 1.54) is 6.07 Å². The normalized spacial score (nSPS) is 17.4. The fourth-order valence-corrected chi connectivity index (χ4v) is 3.23. The molecule has 1 unspecified atom stereocenters. The fraction of sp³-hybridized carbons (Fsp3) is 0.538. The van der Waals surface area contributed by atoms with Gasteiger partial charge in [0.15, 0.2) is 0 Å². The molecule has 20 heavy (non-hydrogen) atoms. The lowest BCUT2D eigenvalue weighted by molar-refractivity contribution is 0.248. The summed E-state index contributed by atoms with van der Waals surface area (Å²) in [5, 5.41) is 0. The second-order valence-electron chi connectivity index (χ2n) is 5.32. The number of rotatable bonds is 6. The minimum Gasteiger partial charge on any atom is -0.399 e. The Kier molecular flexibility index (Phi) is 4.31. The number of nitrogens with zero attached hydrogens (tertiary/aromatic N) is 1. The van der Waals surface area contributed by atoms with Gasteiger partial charge in [-0.25, -0.2) is 17.5 Å². The second kappa shape index (κ2) is 5.67. The van der Waals surface area contributed by atoms with Gasteiger partial charge in [0.25, 0.3) is 0 Å². The van der Waals surface area contributed by atoms with Crippen molar-refractivity contribution in [3.63, 3.8) is 0 Å². The van der Waals surface area contributed by atoms with Gasteiger partial charge in [-0.1, -0.05) is 0 Å². The van der Waals surface area contributed by atoms with E-state index < -0.39 is 15.8 Å². The Hall–Kier alpha value is -1.18. The van der Waals surface area contributed by atoms with E-state index in [9.17, 15) is 12.8 Å². The molecule has 112 valence electrons. The molecule has 0 spiro atoms. The zero-order valence-electron chi connectivity index (χ0n) is 11.6. The predicted octanol–water partition coefficient (Wildman–Crippen LogP) is 1.17. The number of nitrogens with one attached hydrogen (secondary N) is 1. The van der Waals surface area contributed by atoms with Crippen molar-refractivity contribution in [2.75, 3.05) is 19.3 Å². The Morgan fingerprint density at radius 3 is 2.65 bits per heavy atom. The number of benzene rings is 1. The van der Waals surface area contributed by atoms with Gasteiger partial charge in [0.2, 0.25) is 10.0 Å². The van der Waals surface area contributed by atoms with Crippen LogP contribution in [0.15, 0.2) is 23.1 Å². The number of nitrogens with two attached hydrogens (primary N) is 1. The molecule has 0 amide bonds. The van der Waals surface area contributed by atoms with Crippen LogP contribution >= 0.6 is 0 Å². The molecule has 1 saturated carbocycles. The lowest BCUT2D eigenvalue weighted by atomic mass is 10.3. The summed E-state index contributed by atoms with van der Waals surface area (Å²) in [7, 11) is -1.75. The van der Waals surface area contributed by atoms with Gasteiger partial charge >= 0.3 is 0 Å². The average molecular weight is 301 g/mol. The van der Waals surface area contributed by atoms with Crippen molar-refractivity contribution in [3.8, 4) is 0 Å². The van der Waals surface area contributed by atoms with Crippen molar-refractivity contribution >= 4 is 15.7 Å². The highest BCUT2D eigenvalue weighted by Crippen LogP contribution is 2.26. The number of sulfonamides is 1. The van der Waals surface area contributed by atoms with Gasteiger partial charge in [-0.2, -0.15) is 0 Å². The van der Waals surface area contributed by atoms with Crippen LogP contribution in [-0.4, -0.2) is 39.0 Å². The minimum absolute atomic E-state index is 0.0863. The molecule has 1 fully saturated rings. The number of nitrogen functional groups attached to an aromatic ring is 1. The number of likely N-dealkylation sites (N-methyl/N-ethyl adjacent to an activating group) is 1. The van der Waals surface area contributed by atoms with Crippen LogP contribution in [-0.2, 0) is 10.0 Å². The van der Waals surface area contributed by atoms with Gasteiger partial charge in [0.05, 0.1) is 4.90 Å². The number of anilines is 1. The zero-order chi connectivity index (χ0) is 14.9. The zero-order valence-corrected chi connectivity index (χ0v) is 12.5. The summed E-state index contributed by atoms with van der Waals surface area (Å²) in [6, 6.07) is 3.94. The van der Waals surface area contributed by atoms with E-state index in [1.54, 1.807) is 0 Å². The molecule has 0 aromatic heterocycles. The van der Waals surface area contributed by atoms with Crippen LogP contribution in [0.4, 0.5) is 10.1 Å². The van der Waals surface area contributed by atoms with Crippen molar-refractivity contribution < 1.29 is 12.8 Å². The molecule has 0 bridgehead atoms. The Bertz CT molecular complexity index is 567. The van der Waals surface area contributed by atoms with Crippen molar-refractivity contribution in [1.29, 1.82) is 0 Å². The first-order chi connectivity index (χ1) is 9.29. The highest BCUT2D eigenvalue weighted by atomic mass is 32.2. The van der Waals surface area contributed by atoms with Crippen LogP contribution in [0.2, 0.25) is 0 Å². The smallest absolute Gasteiger partial charge is 0.240 e. The van der Waals surface area contributed by atoms with Crippen LogP contribution in [0.1, 0.15) is 19.8 Å². The number of halogens is 1. The highest BCUT2D eigenvalue weighted by Gasteiger charge is 2.29. The van der Waals surface area contributed by atoms with Gasteiger partial charge in [-0.05, 0) is 45.0 Å². The topological polar surface area (TPSA) is 75.4 Å². The first-order valence-corrected chi connectivity index (χ1v) is 8.05. The van der Waals surface area contributed by atoms with Crippen LogP contribution < -0.4 is 10.5 Å². The first kappa shape index (κ1) is 15.2. The van der Waals surface area contributed by atoms with Crippen molar-refractivity contribution in [2.24, 2.45) is 0 Å². The summed E-state index contributed by atoms with van der Waals surface area (Å²) in [6.45, 7) is 2.24. The minimum atomic E-state index is -3.74. The molecule has 5 nitrogen and oxygen atoms in total. The van der Waals surface area contributed by atoms with E-state index in [1.807, 2.05) is 14.0 Å². The van der Waals surface area contributed by atoms with E-state index in [4.69, 9.17) is 5.73 Å². The largest absolute Gasteiger partial charge is 0.399 e. The lowest BCUT2D eigenvalue weighted by Crippen LogP contribution is -2.41. The third-order valence-corrected chi connectivity index (χ3v) is 4.99. The standard InChI is InChI=1S/C13H20FN3O2S/c1-9(17(2)12-3-4-12)8-16-20(18,19)13-6-10(14)5-11(15)7-13/h5-7,9,12,16H,3-4,8,15H2,1-2H3. The van der Waals surface area contributed by atoms with Crippen LogP contribution in [0.3, 0.4) is 0 Å². The van der Waals surface area contributed by atoms with E-state index in [0.717, 1.165) is 25.0 Å². The summed E-state index contributed by atoms with van der Waals surface area (Å²) >= 11 is 0. The van der Waals surface area contributed by atoms with Gasteiger partial charge in [0.1, 0.15) is 5.82 Å². The van der Waals surface area contributed by atoms with Gasteiger partial charge in [0, 0.05) is 24.3 Å². The highest BCUT2D eigenvalue weighted by molar-refractivity contribution is 7.89. The molecule has 1 aromatic carbocycles. The molecular formula is C13H20FN3O2S. The summed E-state index contributed by atoms with van der Waals surface area (Å²) in [6.07, 6.45) is 2.32. The third-order valence-electron chi connectivity index (χ3n) is 3.59. The van der Waals surface area contributed by atoms with E-state index in [2.05, 4.69) is 9.62 Å². The molecule has 2 rings (SSSR count). The molecule has 0 aliphatic heterocycles. The Balaban J connectivity index is 2.03. The van der Waals surface area contributed by atoms with Gasteiger partial charge in [-0.3, -0.25) is 4.90 Å². The summed E-state index contributed by atoms with van der Waals surface area (Å²) in [4.78, 5) is 2.01. The van der Waals surface area contributed by atoms with Crippen molar-refractivity contribution in [1.82, 2.24) is 9.62 Å². The molecule has 7 heteroatoms. The Labute approximate surface area is 119 Å². The maximum Gasteiger partial charge on any atom is 0.240 e. The molecule has 0 saturated heterocycles. The monoisotopic (exact) mass is 301 g/mol. The maximum atomic E-state index is 13.2. The molecule has 1 aliphatic carbocycles. The SMILES string of the molecule is CC(CNS(=O)(=O)c1cc(N)cc(F)c1)N(C)C1CC1. The molecule has 0 radical (unpaired) electrons. The summed E-state index contributed by atoms with van der Waals surface area (Å²) in [5.41, 5.74) is 5.56. The molecule has 0 heterocycles. The molecule has 1 aliphatic rings. The van der Waals surface area contributed by atoms with Crippen LogP contribution in [0.25, 0.3) is 0 Å². The molecule has 1 atom stereocenters. The van der Waals surface area contributed by atoms with Crippen molar-refractivity contribution in [3.05, 3.63) is 24.0 Å². The quantitative estimate of drug-likeness (QED) is 0.773. The predicted molar refractivity (Wildman–Crippen MR) is 76.2 cm³/mol. The number of hydrogen-bond donors (Lipinski definition) is 2. The number of hydrogen-bond acceptors (Lipinski definition) is 4. The summed E-state index contributed by atoms with van der Waals surface area (Å²) < 4.78 is 39.9.